The Morgan fingerprint density at radius 2 is 1.06 bits per heavy atom. The Balaban J connectivity index is 1.02. The number of aromatic nitrogens is 1. The number of furan rings is 1. The second-order valence-corrected chi connectivity index (χ2v) is 12.8. The summed E-state index contributed by atoms with van der Waals surface area (Å²) >= 11 is 0. The van der Waals surface area contributed by atoms with E-state index >= 15 is 0 Å². The molecule has 0 atom stereocenters. The molecule has 2 aromatic heterocycles. The van der Waals surface area contributed by atoms with Crippen molar-refractivity contribution in [2.75, 3.05) is 4.90 Å². The first-order valence-corrected chi connectivity index (χ1v) is 17.1. The fourth-order valence-electron chi connectivity index (χ4n) is 7.19. The van der Waals surface area contributed by atoms with Crippen LogP contribution in [0.4, 0.5) is 17.1 Å². The van der Waals surface area contributed by atoms with Gasteiger partial charge in [-0.25, -0.2) is 4.98 Å². The number of anilines is 3. The van der Waals surface area contributed by atoms with Gasteiger partial charge in [0.15, 0.2) is 5.58 Å². The molecule has 0 bridgehead atoms. The third kappa shape index (κ3) is 5.04. The van der Waals surface area contributed by atoms with E-state index in [1.807, 2.05) is 42.5 Å². The van der Waals surface area contributed by atoms with Crippen LogP contribution in [0.2, 0.25) is 0 Å². The molecule has 0 radical (unpaired) electrons. The summed E-state index contributed by atoms with van der Waals surface area (Å²) in [5.74, 6) is 0.602. The summed E-state index contributed by atoms with van der Waals surface area (Å²) in [6.45, 7) is 0. The fourth-order valence-corrected chi connectivity index (χ4v) is 7.19. The normalized spacial score (nSPS) is 11.5. The Morgan fingerprint density at radius 1 is 0.412 bits per heavy atom. The van der Waals surface area contributed by atoms with Crippen LogP contribution in [-0.4, -0.2) is 4.98 Å². The molecule has 51 heavy (non-hydrogen) atoms. The van der Waals surface area contributed by atoms with Crippen LogP contribution in [0.1, 0.15) is 0 Å². The van der Waals surface area contributed by atoms with Gasteiger partial charge in [0.05, 0.1) is 5.39 Å². The minimum atomic E-state index is 0.602. The Bertz CT molecular complexity index is 2840. The van der Waals surface area contributed by atoms with Crippen molar-refractivity contribution >= 4 is 60.9 Å². The lowest BCUT2D eigenvalue weighted by Crippen LogP contribution is -2.09. The summed E-state index contributed by atoms with van der Waals surface area (Å²) in [4.78, 5) is 7.09. The van der Waals surface area contributed by atoms with Gasteiger partial charge >= 0.3 is 0 Å². The zero-order valence-electron chi connectivity index (χ0n) is 27.5. The molecule has 0 aliphatic heterocycles. The Labute approximate surface area is 294 Å². The highest BCUT2D eigenvalue weighted by molar-refractivity contribution is 6.18. The monoisotopic (exact) mass is 654 g/mol. The van der Waals surface area contributed by atoms with Crippen molar-refractivity contribution in [2.45, 2.75) is 0 Å². The minimum absolute atomic E-state index is 0.602. The highest BCUT2D eigenvalue weighted by atomic mass is 16.4. The highest BCUT2D eigenvalue weighted by Gasteiger charge is 2.19. The van der Waals surface area contributed by atoms with Crippen LogP contribution < -0.4 is 4.90 Å². The van der Waals surface area contributed by atoms with Crippen molar-refractivity contribution < 1.29 is 8.83 Å². The number of fused-ring (bicyclic) bond motifs is 6. The number of hydrogen-bond acceptors (Lipinski definition) is 4. The van der Waals surface area contributed by atoms with Gasteiger partial charge in [-0.3, -0.25) is 0 Å². The fraction of sp³-hybridized carbons (Fsp3) is 0. The van der Waals surface area contributed by atoms with Crippen LogP contribution in [0.15, 0.2) is 191 Å². The molecule has 0 fully saturated rings. The predicted octanol–water partition coefficient (Wildman–Crippen LogP) is 13.4. The van der Waals surface area contributed by atoms with Crippen molar-refractivity contribution in [3.8, 4) is 33.7 Å². The van der Waals surface area contributed by atoms with E-state index in [9.17, 15) is 0 Å². The number of nitrogens with zero attached hydrogens (tertiary/aromatic N) is 2. The van der Waals surface area contributed by atoms with Gasteiger partial charge in [-0.05, 0) is 94.2 Å². The van der Waals surface area contributed by atoms with Gasteiger partial charge < -0.3 is 13.7 Å². The largest absolute Gasteiger partial charge is 0.455 e. The lowest BCUT2D eigenvalue weighted by molar-refractivity contribution is 0.622. The topological polar surface area (TPSA) is 42.4 Å². The van der Waals surface area contributed by atoms with Crippen LogP contribution in [-0.2, 0) is 0 Å². The lowest BCUT2D eigenvalue weighted by Gasteiger charge is -2.26. The number of rotatable bonds is 6. The molecular weight excluding hydrogens is 625 g/mol. The van der Waals surface area contributed by atoms with Crippen molar-refractivity contribution in [3.63, 3.8) is 0 Å². The summed E-state index contributed by atoms with van der Waals surface area (Å²) in [6.07, 6.45) is 0. The minimum Gasteiger partial charge on any atom is -0.455 e. The molecule has 0 saturated heterocycles. The number of para-hydroxylation sites is 2. The van der Waals surface area contributed by atoms with Gasteiger partial charge in [0.2, 0.25) is 5.89 Å². The second-order valence-electron chi connectivity index (χ2n) is 12.8. The molecule has 0 N–H and O–H groups in total. The van der Waals surface area contributed by atoms with Crippen molar-refractivity contribution in [1.82, 2.24) is 4.98 Å². The predicted molar refractivity (Wildman–Crippen MR) is 210 cm³/mol. The van der Waals surface area contributed by atoms with Gasteiger partial charge in [-0.15, -0.1) is 0 Å². The van der Waals surface area contributed by atoms with Crippen molar-refractivity contribution in [2.24, 2.45) is 0 Å². The average molecular weight is 655 g/mol. The Kier molecular flexibility index (Phi) is 6.78. The Hall–Kier alpha value is -6.91. The average Bonchev–Trinajstić information content (AvgIpc) is 3.81. The molecule has 10 rings (SSSR count). The third-order valence-corrected chi connectivity index (χ3v) is 9.70. The van der Waals surface area contributed by atoms with Gasteiger partial charge in [-0.2, -0.15) is 0 Å². The van der Waals surface area contributed by atoms with Crippen LogP contribution in [0.5, 0.6) is 0 Å². The first-order valence-electron chi connectivity index (χ1n) is 17.1. The smallest absolute Gasteiger partial charge is 0.227 e. The molecule has 4 nitrogen and oxygen atoms in total. The van der Waals surface area contributed by atoms with Crippen LogP contribution in [0.3, 0.4) is 0 Å². The van der Waals surface area contributed by atoms with Gasteiger partial charge in [0.25, 0.3) is 0 Å². The first kappa shape index (κ1) is 29.0. The van der Waals surface area contributed by atoms with Crippen molar-refractivity contribution in [3.05, 3.63) is 182 Å². The molecule has 240 valence electrons. The zero-order valence-corrected chi connectivity index (χ0v) is 27.5. The number of oxazole rings is 1. The van der Waals surface area contributed by atoms with Crippen LogP contribution in [0, 0.1) is 0 Å². The van der Waals surface area contributed by atoms with Crippen LogP contribution >= 0.6 is 0 Å². The van der Waals surface area contributed by atoms with E-state index in [4.69, 9.17) is 13.8 Å². The molecule has 10 aromatic rings. The highest BCUT2D eigenvalue weighted by Crippen LogP contribution is 2.42. The maximum Gasteiger partial charge on any atom is 0.227 e. The lowest BCUT2D eigenvalue weighted by atomic mass is 10.0. The summed E-state index contributed by atoms with van der Waals surface area (Å²) in [6, 6.07) is 63.4. The van der Waals surface area contributed by atoms with E-state index in [1.54, 1.807) is 0 Å². The molecule has 4 heteroatoms. The van der Waals surface area contributed by atoms with E-state index in [2.05, 4.69) is 144 Å². The van der Waals surface area contributed by atoms with Gasteiger partial charge in [-0.1, -0.05) is 115 Å². The van der Waals surface area contributed by atoms with E-state index < -0.39 is 0 Å². The number of hydrogen-bond donors (Lipinski definition) is 0. The maximum absolute atomic E-state index is 6.55. The molecule has 0 saturated carbocycles. The molecule has 8 aromatic carbocycles. The van der Waals surface area contributed by atoms with Crippen LogP contribution in [0.25, 0.3) is 77.5 Å². The zero-order chi connectivity index (χ0) is 33.7. The maximum atomic E-state index is 6.55. The SMILES string of the molecule is c1ccc(-c2nc3ccc4oc5c(-c6ccc(N(c7ccccc7)c7ccc(-c8ccc9ccccc9c8)cc7)cc6)cccc5c4c3o2)cc1. The van der Waals surface area contributed by atoms with Gasteiger partial charge in [0.1, 0.15) is 16.7 Å². The summed E-state index contributed by atoms with van der Waals surface area (Å²) < 4.78 is 12.9. The molecule has 0 aliphatic carbocycles. The van der Waals surface area contributed by atoms with Crippen molar-refractivity contribution in [1.29, 1.82) is 0 Å². The van der Waals surface area contributed by atoms with E-state index in [0.29, 0.717) is 5.89 Å². The first-order chi connectivity index (χ1) is 25.3. The molecule has 0 aliphatic rings. The van der Waals surface area contributed by atoms with Gasteiger partial charge in [0, 0.05) is 33.6 Å². The molecule has 0 amide bonds. The van der Waals surface area contributed by atoms with E-state index in [-0.39, 0.29) is 0 Å². The van der Waals surface area contributed by atoms with E-state index in [1.165, 1.54) is 21.9 Å². The Morgan fingerprint density at radius 3 is 1.82 bits per heavy atom. The third-order valence-electron chi connectivity index (χ3n) is 9.70. The summed E-state index contributed by atoms with van der Waals surface area (Å²) in [5.41, 5.74) is 11.8. The molecule has 2 heterocycles. The molecule has 0 spiro atoms. The standard InChI is InChI=1S/C47H30N2O2/c1-3-11-34(12-4-1)47-48-42-28-29-43-44(46(42)51-47)41-17-9-16-40(45(41)50-43)33-22-26-39(27-23-33)49(37-14-5-2-6-15-37)38-24-20-32(21-25-38)36-19-18-31-10-7-8-13-35(31)30-36/h1-30H. The van der Waals surface area contributed by atoms with E-state index in [0.717, 1.165) is 66.8 Å². The summed E-state index contributed by atoms with van der Waals surface area (Å²) in [5, 5.41) is 4.44. The quantitative estimate of drug-likeness (QED) is 0.179. The molecular formula is C47H30N2O2. The molecule has 0 unspecified atom stereocenters. The number of benzene rings is 8. The second kappa shape index (κ2) is 11.9. The summed E-state index contributed by atoms with van der Waals surface area (Å²) in [7, 11) is 0.